The van der Waals surface area contributed by atoms with Crippen LogP contribution >= 0.6 is 11.6 Å². The quantitative estimate of drug-likeness (QED) is 0.880. The maximum absolute atomic E-state index is 13.8. The van der Waals surface area contributed by atoms with Gasteiger partial charge >= 0.3 is 0 Å². The van der Waals surface area contributed by atoms with Crippen LogP contribution in [-0.4, -0.2) is 14.2 Å². The summed E-state index contributed by atoms with van der Waals surface area (Å²) in [5.74, 6) is 0.816. The second-order valence-corrected chi connectivity index (χ2v) is 4.87. The van der Waals surface area contributed by atoms with Crippen molar-refractivity contribution in [3.05, 3.63) is 58.4 Å². The fourth-order valence-corrected chi connectivity index (χ4v) is 2.25. The minimum absolute atomic E-state index is 0.0442. The largest absolute Gasteiger partial charge is 0.493 e. The molecule has 0 aromatic heterocycles. The molecule has 5 heteroatoms. The maximum atomic E-state index is 13.8. The van der Waals surface area contributed by atoms with Crippen molar-refractivity contribution in [3.63, 3.8) is 0 Å². The van der Waals surface area contributed by atoms with Crippen molar-refractivity contribution in [3.8, 4) is 11.5 Å². The van der Waals surface area contributed by atoms with Crippen molar-refractivity contribution >= 4 is 11.6 Å². The number of methoxy groups -OCH3 is 1. The topological polar surface area (TPSA) is 30.5 Å². The van der Waals surface area contributed by atoms with Gasteiger partial charge in [-0.05, 0) is 25.2 Å². The highest BCUT2D eigenvalue weighted by Gasteiger charge is 2.13. The van der Waals surface area contributed by atoms with Crippen molar-refractivity contribution in [2.75, 3.05) is 14.2 Å². The molecule has 112 valence electrons. The molecule has 0 aliphatic carbocycles. The summed E-state index contributed by atoms with van der Waals surface area (Å²) in [4.78, 5) is 0. The van der Waals surface area contributed by atoms with Gasteiger partial charge in [0.15, 0.2) is 11.5 Å². The Morgan fingerprint density at radius 2 is 1.95 bits per heavy atom. The molecule has 2 rings (SSSR count). The van der Waals surface area contributed by atoms with Crippen molar-refractivity contribution in [2.45, 2.75) is 13.2 Å². The molecule has 0 saturated carbocycles. The Balaban J connectivity index is 2.27. The van der Waals surface area contributed by atoms with Gasteiger partial charge in [-0.2, -0.15) is 0 Å². The van der Waals surface area contributed by atoms with Gasteiger partial charge in [-0.1, -0.05) is 29.8 Å². The Hall–Kier alpha value is -1.78. The summed E-state index contributed by atoms with van der Waals surface area (Å²) in [5, 5.41) is 3.41. The fraction of sp³-hybridized carbons (Fsp3) is 0.250. The van der Waals surface area contributed by atoms with Crippen LogP contribution in [0.1, 0.15) is 11.1 Å². The number of hydrogen-bond acceptors (Lipinski definition) is 3. The molecule has 2 aromatic carbocycles. The Morgan fingerprint density at radius 3 is 2.62 bits per heavy atom. The van der Waals surface area contributed by atoms with E-state index in [-0.39, 0.29) is 12.4 Å². The average Bonchev–Trinajstić information content (AvgIpc) is 2.48. The zero-order valence-corrected chi connectivity index (χ0v) is 12.7. The van der Waals surface area contributed by atoms with Crippen LogP contribution in [0, 0.1) is 5.82 Å². The Kier molecular flexibility index (Phi) is 5.42. The SMILES string of the molecule is CNCc1cccc(OC)c1OCc1c(F)cccc1Cl. The first-order valence-corrected chi connectivity index (χ1v) is 6.91. The van der Waals surface area contributed by atoms with E-state index >= 15 is 0 Å². The van der Waals surface area contributed by atoms with E-state index in [9.17, 15) is 4.39 Å². The van der Waals surface area contributed by atoms with Gasteiger partial charge < -0.3 is 14.8 Å². The highest BCUT2D eigenvalue weighted by Crippen LogP contribution is 2.32. The minimum Gasteiger partial charge on any atom is -0.493 e. The van der Waals surface area contributed by atoms with Gasteiger partial charge in [-0.25, -0.2) is 4.39 Å². The first kappa shape index (κ1) is 15.6. The van der Waals surface area contributed by atoms with Gasteiger partial charge in [-0.3, -0.25) is 0 Å². The monoisotopic (exact) mass is 309 g/mol. The van der Waals surface area contributed by atoms with Crippen LogP contribution < -0.4 is 14.8 Å². The summed E-state index contributed by atoms with van der Waals surface area (Å²) in [6, 6.07) is 10.2. The summed E-state index contributed by atoms with van der Waals surface area (Å²) >= 11 is 6.01. The van der Waals surface area contributed by atoms with Gasteiger partial charge in [-0.15, -0.1) is 0 Å². The van der Waals surface area contributed by atoms with Crippen LogP contribution in [0.25, 0.3) is 0 Å². The Bertz CT molecular complexity index is 599. The van der Waals surface area contributed by atoms with Crippen molar-refractivity contribution in [1.29, 1.82) is 0 Å². The molecule has 0 aliphatic rings. The van der Waals surface area contributed by atoms with E-state index in [4.69, 9.17) is 21.1 Å². The smallest absolute Gasteiger partial charge is 0.166 e. The lowest BCUT2D eigenvalue weighted by Crippen LogP contribution is -2.09. The number of ether oxygens (including phenoxy) is 2. The molecule has 21 heavy (non-hydrogen) atoms. The van der Waals surface area contributed by atoms with Crippen molar-refractivity contribution in [1.82, 2.24) is 5.32 Å². The number of rotatable bonds is 6. The van der Waals surface area contributed by atoms with Gasteiger partial charge in [0.1, 0.15) is 12.4 Å². The van der Waals surface area contributed by atoms with E-state index in [1.807, 2.05) is 19.2 Å². The third-order valence-corrected chi connectivity index (χ3v) is 3.42. The predicted octanol–water partition coefficient (Wildman–Crippen LogP) is 3.79. The highest BCUT2D eigenvalue weighted by atomic mass is 35.5. The third-order valence-electron chi connectivity index (χ3n) is 3.07. The second kappa shape index (κ2) is 7.29. The van der Waals surface area contributed by atoms with Gasteiger partial charge in [0.05, 0.1) is 12.1 Å². The van der Waals surface area contributed by atoms with Gasteiger partial charge in [0.25, 0.3) is 0 Å². The van der Waals surface area contributed by atoms with Crippen LogP contribution in [0.4, 0.5) is 4.39 Å². The van der Waals surface area contributed by atoms with E-state index in [1.54, 1.807) is 25.3 Å². The molecular formula is C16H17ClFNO2. The van der Waals surface area contributed by atoms with Crippen LogP contribution in [0.3, 0.4) is 0 Å². The molecule has 0 heterocycles. The molecule has 0 fully saturated rings. The number of halogens is 2. The lowest BCUT2D eigenvalue weighted by atomic mass is 10.1. The summed E-state index contributed by atoms with van der Waals surface area (Å²) in [7, 11) is 3.42. The second-order valence-electron chi connectivity index (χ2n) is 4.47. The molecule has 1 N–H and O–H groups in total. The third kappa shape index (κ3) is 3.65. The van der Waals surface area contributed by atoms with Gasteiger partial charge in [0, 0.05) is 17.7 Å². The Morgan fingerprint density at radius 1 is 1.19 bits per heavy atom. The zero-order chi connectivity index (χ0) is 15.2. The number of para-hydroxylation sites is 1. The molecule has 0 saturated heterocycles. The normalized spacial score (nSPS) is 10.5. The fourth-order valence-electron chi connectivity index (χ4n) is 2.03. The number of benzene rings is 2. The van der Waals surface area contributed by atoms with E-state index in [0.717, 1.165) is 5.56 Å². The van der Waals surface area contributed by atoms with Gasteiger partial charge in [0.2, 0.25) is 0 Å². The number of hydrogen-bond donors (Lipinski definition) is 1. The van der Waals surface area contributed by atoms with E-state index in [1.165, 1.54) is 6.07 Å². The van der Waals surface area contributed by atoms with Crippen molar-refractivity contribution in [2.24, 2.45) is 0 Å². The molecule has 0 atom stereocenters. The maximum Gasteiger partial charge on any atom is 0.166 e. The standard InChI is InChI=1S/C16H17ClFNO2/c1-19-9-11-5-3-8-15(20-2)16(11)21-10-12-13(17)6-4-7-14(12)18/h3-8,19H,9-10H2,1-2H3. The molecular weight excluding hydrogens is 293 g/mol. The molecule has 3 nitrogen and oxygen atoms in total. The zero-order valence-electron chi connectivity index (χ0n) is 12.0. The van der Waals surface area contributed by atoms with E-state index in [2.05, 4.69) is 5.32 Å². The molecule has 0 amide bonds. The summed E-state index contributed by atoms with van der Waals surface area (Å²) in [5.41, 5.74) is 1.27. The first-order chi connectivity index (χ1) is 10.2. The van der Waals surface area contributed by atoms with Crippen LogP contribution in [0.5, 0.6) is 11.5 Å². The highest BCUT2D eigenvalue weighted by molar-refractivity contribution is 6.31. The summed E-state index contributed by atoms with van der Waals surface area (Å²) in [6.07, 6.45) is 0. The van der Waals surface area contributed by atoms with E-state index in [0.29, 0.717) is 28.6 Å². The average molecular weight is 310 g/mol. The van der Waals surface area contributed by atoms with Crippen LogP contribution in [0.2, 0.25) is 5.02 Å². The molecule has 0 bridgehead atoms. The summed E-state index contributed by atoms with van der Waals surface area (Å²) < 4.78 is 24.8. The molecule has 0 aliphatic heterocycles. The molecule has 0 radical (unpaired) electrons. The first-order valence-electron chi connectivity index (χ1n) is 6.53. The van der Waals surface area contributed by atoms with Crippen molar-refractivity contribution < 1.29 is 13.9 Å². The Labute approximate surface area is 128 Å². The lowest BCUT2D eigenvalue weighted by molar-refractivity contribution is 0.276. The van der Waals surface area contributed by atoms with Crippen LogP contribution in [-0.2, 0) is 13.2 Å². The lowest BCUT2D eigenvalue weighted by Gasteiger charge is -2.15. The minimum atomic E-state index is -0.382. The molecule has 0 unspecified atom stereocenters. The summed E-state index contributed by atoms with van der Waals surface area (Å²) in [6.45, 7) is 0.667. The number of nitrogens with one attached hydrogen (secondary N) is 1. The molecule has 2 aromatic rings. The molecule has 0 spiro atoms. The predicted molar refractivity (Wildman–Crippen MR) is 81.5 cm³/mol. The van der Waals surface area contributed by atoms with Crippen LogP contribution in [0.15, 0.2) is 36.4 Å². The van der Waals surface area contributed by atoms with E-state index < -0.39 is 0 Å².